The van der Waals surface area contributed by atoms with Crippen molar-refractivity contribution in [1.82, 2.24) is 0 Å². The van der Waals surface area contributed by atoms with Gasteiger partial charge in [0.1, 0.15) is 28.7 Å². The van der Waals surface area contributed by atoms with E-state index in [9.17, 15) is 4.39 Å². The van der Waals surface area contributed by atoms with Crippen molar-refractivity contribution in [2.75, 3.05) is 13.2 Å². The normalized spacial score (nSPS) is 13.0. The fourth-order valence-electron chi connectivity index (χ4n) is 7.80. The average molecular weight is 765 g/mol. The number of benzene rings is 6. The SMILES string of the molecule is CCOc1ccc(C(C)(C)CCC(CC(C)(CCCc2ccc(F)c(Oc3ccccc3)c2)c2ccc(OCC)cc2)c2cccc(Oc3ccccc3)c2)cc1. The number of rotatable bonds is 20. The molecule has 0 aliphatic rings. The van der Waals surface area contributed by atoms with Crippen LogP contribution in [-0.2, 0) is 17.3 Å². The Bertz CT molecular complexity index is 2110. The summed E-state index contributed by atoms with van der Waals surface area (Å²) < 4.78 is 38.8. The highest BCUT2D eigenvalue weighted by Crippen LogP contribution is 2.44. The van der Waals surface area contributed by atoms with E-state index >= 15 is 0 Å². The van der Waals surface area contributed by atoms with Crippen molar-refractivity contribution in [3.05, 3.63) is 180 Å². The highest BCUT2D eigenvalue weighted by Gasteiger charge is 2.32. The van der Waals surface area contributed by atoms with Crippen molar-refractivity contribution in [2.45, 2.75) is 89.9 Å². The number of aryl methyl sites for hydroxylation is 1. The van der Waals surface area contributed by atoms with Crippen LogP contribution in [0, 0.1) is 5.82 Å². The molecule has 0 bridgehead atoms. The molecule has 6 aromatic carbocycles. The highest BCUT2D eigenvalue weighted by atomic mass is 19.1. The smallest absolute Gasteiger partial charge is 0.165 e. The third-order valence-corrected chi connectivity index (χ3v) is 11.1. The minimum atomic E-state index is -0.365. The van der Waals surface area contributed by atoms with Gasteiger partial charge >= 0.3 is 0 Å². The Hall–Kier alpha value is -5.55. The second-order valence-corrected chi connectivity index (χ2v) is 15.8. The average Bonchev–Trinajstić information content (AvgIpc) is 3.22. The summed E-state index contributed by atoms with van der Waals surface area (Å²) in [5.41, 5.74) is 4.66. The van der Waals surface area contributed by atoms with Gasteiger partial charge in [0.25, 0.3) is 0 Å². The van der Waals surface area contributed by atoms with Crippen LogP contribution in [-0.4, -0.2) is 13.2 Å². The van der Waals surface area contributed by atoms with E-state index < -0.39 is 0 Å². The van der Waals surface area contributed by atoms with Gasteiger partial charge < -0.3 is 18.9 Å². The van der Waals surface area contributed by atoms with Crippen LogP contribution < -0.4 is 18.9 Å². The summed E-state index contributed by atoms with van der Waals surface area (Å²) in [6.07, 6.45) is 5.57. The van der Waals surface area contributed by atoms with Crippen LogP contribution >= 0.6 is 0 Å². The monoisotopic (exact) mass is 764 g/mol. The lowest BCUT2D eigenvalue weighted by Crippen LogP contribution is -2.27. The molecule has 0 amide bonds. The zero-order valence-electron chi connectivity index (χ0n) is 34.2. The van der Waals surface area contributed by atoms with Crippen molar-refractivity contribution >= 4 is 0 Å². The summed E-state index contributed by atoms with van der Waals surface area (Å²) in [5.74, 6) is 4.17. The molecule has 2 atom stereocenters. The summed E-state index contributed by atoms with van der Waals surface area (Å²) in [7, 11) is 0. The van der Waals surface area contributed by atoms with E-state index in [2.05, 4.69) is 87.5 Å². The van der Waals surface area contributed by atoms with Crippen LogP contribution in [0.2, 0.25) is 0 Å². The van der Waals surface area contributed by atoms with E-state index in [4.69, 9.17) is 18.9 Å². The maximum Gasteiger partial charge on any atom is 0.165 e. The molecule has 0 spiro atoms. The van der Waals surface area contributed by atoms with Gasteiger partial charge in [-0.2, -0.15) is 0 Å². The van der Waals surface area contributed by atoms with E-state index in [1.54, 1.807) is 0 Å². The lowest BCUT2D eigenvalue weighted by molar-refractivity contribution is 0.323. The molecule has 0 aliphatic carbocycles. The van der Waals surface area contributed by atoms with Crippen LogP contribution in [0.5, 0.6) is 34.5 Å². The van der Waals surface area contributed by atoms with Crippen molar-refractivity contribution < 1.29 is 23.3 Å². The van der Waals surface area contributed by atoms with E-state index in [1.165, 1.54) is 22.8 Å². The maximum atomic E-state index is 14.9. The third-order valence-electron chi connectivity index (χ3n) is 11.1. The summed E-state index contributed by atoms with van der Waals surface area (Å²) in [5, 5.41) is 0. The Balaban J connectivity index is 1.29. The largest absolute Gasteiger partial charge is 0.494 e. The molecule has 0 aromatic heterocycles. The van der Waals surface area contributed by atoms with Gasteiger partial charge in [0, 0.05) is 0 Å². The molecular formula is C52H57FO4. The Labute approximate surface area is 339 Å². The molecule has 0 aliphatic heterocycles. The second-order valence-electron chi connectivity index (χ2n) is 15.8. The van der Waals surface area contributed by atoms with Gasteiger partial charge in [0.15, 0.2) is 11.6 Å². The molecule has 0 saturated heterocycles. The molecule has 0 radical (unpaired) electrons. The van der Waals surface area contributed by atoms with Gasteiger partial charge in [0.2, 0.25) is 0 Å². The van der Waals surface area contributed by atoms with Gasteiger partial charge in [-0.15, -0.1) is 0 Å². The van der Waals surface area contributed by atoms with E-state index in [0.29, 0.717) is 19.0 Å². The molecule has 0 N–H and O–H groups in total. The molecule has 6 rings (SSSR count). The van der Waals surface area contributed by atoms with Crippen LogP contribution in [0.3, 0.4) is 0 Å². The van der Waals surface area contributed by atoms with Crippen LogP contribution in [0.1, 0.15) is 94.9 Å². The molecule has 0 fully saturated rings. The molecule has 2 unspecified atom stereocenters. The zero-order valence-corrected chi connectivity index (χ0v) is 34.2. The summed E-state index contributed by atoms with van der Waals surface area (Å²) in [6.45, 7) is 12.4. The van der Waals surface area contributed by atoms with E-state index in [1.807, 2.05) is 92.7 Å². The standard InChI is InChI=1S/C52H57FO4/c1-6-54-44-28-24-42(25-29-44)51(3,4)35-33-41(40-17-14-22-48(37-40)56-46-18-10-8-11-19-46)38-52(5,43-26-30-45(31-27-43)55-7-2)34-15-16-39-23-32-49(53)50(36-39)57-47-20-12-9-13-21-47/h8-14,17-32,36-37,41H,6-7,15-16,33-35,38H2,1-5H3. The van der Waals surface area contributed by atoms with Gasteiger partial charge in [-0.05, 0) is 164 Å². The summed E-state index contributed by atoms with van der Waals surface area (Å²) in [6, 6.07) is 50.5. The van der Waals surface area contributed by atoms with E-state index in [0.717, 1.165) is 67.1 Å². The maximum absolute atomic E-state index is 14.9. The molecule has 296 valence electrons. The Morgan fingerprint density at radius 1 is 0.544 bits per heavy atom. The van der Waals surface area contributed by atoms with Crippen molar-refractivity contribution in [2.24, 2.45) is 0 Å². The lowest BCUT2D eigenvalue weighted by Gasteiger charge is -2.36. The van der Waals surface area contributed by atoms with Crippen molar-refractivity contribution in [3.63, 3.8) is 0 Å². The summed E-state index contributed by atoms with van der Waals surface area (Å²) >= 11 is 0. The number of para-hydroxylation sites is 2. The fourth-order valence-corrected chi connectivity index (χ4v) is 7.80. The van der Waals surface area contributed by atoms with Crippen LogP contribution in [0.4, 0.5) is 4.39 Å². The Kier molecular flexibility index (Phi) is 14.1. The van der Waals surface area contributed by atoms with Crippen molar-refractivity contribution in [3.8, 4) is 34.5 Å². The first-order chi connectivity index (χ1) is 27.6. The van der Waals surface area contributed by atoms with Gasteiger partial charge in [-0.1, -0.05) is 99.6 Å². The molecule has 0 heterocycles. The molecule has 5 heteroatoms. The minimum absolute atomic E-state index is 0.0567. The Morgan fingerprint density at radius 3 is 1.74 bits per heavy atom. The topological polar surface area (TPSA) is 36.9 Å². The zero-order chi connectivity index (χ0) is 40.1. The number of halogens is 1. The fraction of sp³-hybridized carbons (Fsp3) is 0.308. The number of hydrogen-bond donors (Lipinski definition) is 0. The number of hydrogen-bond acceptors (Lipinski definition) is 4. The molecular weight excluding hydrogens is 708 g/mol. The predicted molar refractivity (Wildman–Crippen MR) is 231 cm³/mol. The molecule has 6 aromatic rings. The molecule has 57 heavy (non-hydrogen) atoms. The van der Waals surface area contributed by atoms with Crippen LogP contribution in [0.25, 0.3) is 0 Å². The quantitative estimate of drug-likeness (QED) is 0.0776. The van der Waals surface area contributed by atoms with E-state index in [-0.39, 0.29) is 28.3 Å². The molecule has 0 saturated carbocycles. The Morgan fingerprint density at radius 2 is 1.12 bits per heavy atom. The number of ether oxygens (including phenoxy) is 4. The first-order valence-corrected chi connectivity index (χ1v) is 20.4. The lowest BCUT2D eigenvalue weighted by atomic mass is 9.68. The van der Waals surface area contributed by atoms with Crippen molar-refractivity contribution in [1.29, 1.82) is 0 Å². The van der Waals surface area contributed by atoms with Gasteiger partial charge in [-0.25, -0.2) is 4.39 Å². The van der Waals surface area contributed by atoms with Gasteiger partial charge in [-0.3, -0.25) is 0 Å². The van der Waals surface area contributed by atoms with Crippen LogP contribution in [0.15, 0.2) is 152 Å². The first-order valence-electron chi connectivity index (χ1n) is 20.4. The minimum Gasteiger partial charge on any atom is -0.494 e. The molecule has 4 nitrogen and oxygen atoms in total. The third kappa shape index (κ3) is 11.5. The first kappa shape index (κ1) is 41.1. The predicted octanol–water partition coefficient (Wildman–Crippen LogP) is 14.4. The highest BCUT2D eigenvalue weighted by molar-refractivity contribution is 5.39. The second kappa shape index (κ2) is 19.5. The summed E-state index contributed by atoms with van der Waals surface area (Å²) in [4.78, 5) is 0. The van der Waals surface area contributed by atoms with Gasteiger partial charge in [0.05, 0.1) is 13.2 Å².